The zero-order valence-electron chi connectivity index (χ0n) is 12.8. The molecule has 2 aromatic carbocycles. The molecule has 0 N–H and O–H groups in total. The van der Waals surface area contributed by atoms with E-state index in [1.54, 1.807) is 0 Å². The van der Waals surface area contributed by atoms with Crippen molar-refractivity contribution >= 4 is 0 Å². The molecule has 0 fully saturated rings. The third kappa shape index (κ3) is 7.09. The Morgan fingerprint density at radius 3 is 1.28 bits per heavy atom. The Balaban J connectivity index is -0.000000233. The van der Waals surface area contributed by atoms with Crippen LogP contribution in [0, 0.1) is 39.8 Å². The van der Waals surface area contributed by atoms with Crippen molar-refractivity contribution in [2.24, 2.45) is 0 Å². The Labute approximate surface area is 135 Å². The van der Waals surface area contributed by atoms with Crippen LogP contribution in [0.4, 0.5) is 0 Å². The van der Waals surface area contributed by atoms with Crippen molar-refractivity contribution in [3.05, 3.63) is 70.8 Å². The van der Waals surface area contributed by atoms with Gasteiger partial charge in [-0.05, 0) is 0 Å². The number of rotatable bonds is 0. The van der Waals surface area contributed by atoms with E-state index in [4.69, 9.17) is 0 Å². The number of aryl methyl sites for hydroxylation is 4. The second kappa shape index (κ2) is 10.5. The molecular weight excluding hydrogens is 263 g/mol. The number of hydrogen-bond acceptors (Lipinski definition) is 0. The molecule has 0 saturated carbocycles. The van der Waals surface area contributed by atoms with Crippen molar-refractivity contribution in [3.8, 4) is 0 Å². The van der Waals surface area contributed by atoms with Gasteiger partial charge in [0.25, 0.3) is 0 Å². The molecule has 0 heterocycles. The Kier molecular flexibility index (Phi) is 11.6. The minimum absolute atomic E-state index is 0. The van der Waals surface area contributed by atoms with Gasteiger partial charge in [-0.15, -0.1) is 0 Å². The summed E-state index contributed by atoms with van der Waals surface area (Å²) in [6, 6.07) is 18.2. The fourth-order valence-corrected chi connectivity index (χ4v) is 1.21. The van der Waals surface area contributed by atoms with Gasteiger partial charge in [0.1, 0.15) is 0 Å². The van der Waals surface area contributed by atoms with E-state index >= 15 is 0 Å². The summed E-state index contributed by atoms with van der Waals surface area (Å²) < 4.78 is 0. The van der Waals surface area contributed by atoms with Gasteiger partial charge in [0.15, 0.2) is 0 Å². The first-order chi connectivity index (χ1) is 7.61. The SMILES string of the molecule is Cc1[c-]cccc1C.Cc1[c-]cccc1C.[Cu+2].[H-].[Li+]. The fourth-order valence-electron chi connectivity index (χ4n) is 1.21. The molecule has 0 aliphatic heterocycles. The zero-order valence-corrected chi connectivity index (χ0v) is 12.7. The average Bonchev–Trinajstić information content (AvgIpc) is 2.28. The summed E-state index contributed by atoms with van der Waals surface area (Å²) in [6.07, 6.45) is 0. The van der Waals surface area contributed by atoms with Gasteiger partial charge in [0.05, 0.1) is 0 Å². The number of hydrogen-bond donors (Lipinski definition) is 0. The summed E-state index contributed by atoms with van der Waals surface area (Å²) in [6.45, 7) is 8.31. The molecule has 2 heteroatoms. The summed E-state index contributed by atoms with van der Waals surface area (Å²) in [4.78, 5) is 0. The Morgan fingerprint density at radius 2 is 1.11 bits per heavy atom. The fraction of sp³-hybridized carbons (Fsp3) is 0.250. The van der Waals surface area contributed by atoms with E-state index in [1.165, 1.54) is 22.3 Å². The van der Waals surface area contributed by atoms with E-state index in [2.05, 4.69) is 52.0 Å². The minimum Gasteiger partial charge on any atom is -1.00 e. The van der Waals surface area contributed by atoms with Crippen molar-refractivity contribution in [2.45, 2.75) is 27.7 Å². The molecular formula is C16H19CuLi. The first-order valence-corrected chi connectivity index (χ1v) is 5.49. The second-order valence-corrected chi connectivity index (χ2v) is 3.96. The van der Waals surface area contributed by atoms with Crippen molar-refractivity contribution in [3.63, 3.8) is 0 Å². The van der Waals surface area contributed by atoms with Crippen LogP contribution in [0.2, 0.25) is 0 Å². The summed E-state index contributed by atoms with van der Waals surface area (Å²) in [5.74, 6) is 0. The van der Waals surface area contributed by atoms with E-state index < -0.39 is 0 Å². The maximum Gasteiger partial charge on any atom is 2.00 e. The maximum atomic E-state index is 3.10. The normalized spacial score (nSPS) is 8.22. The minimum atomic E-state index is 0. The molecule has 0 amide bonds. The van der Waals surface area contributed by atoms with Gasteiger partial charge in [-0.2, -0.15) is 70.8 Å². The van der Waals surface area contributed by atoms with Crippen LogP contribution in [-0.2, 0) is 17.1 Å². The molecule has 0 aliphatic carbocycles. The average molecular weight is 282 g/mol. The predicted octanol–water partition coefficient (Wildman–Crippen LogP) is 1.32. The Hall–Kier alpha value is -0.443. The standard InChI is InChI=1S/2C8H9.Cu.Li.H/c2*1-7-5-3-4-6-8(7)2;;;/h2*3-5H,1-2H3;;;/q2*-1;+2;+1;-1. The molecule has 0 nitrogen and oxygen atoms in total. The van der Waals surface area contributed by atoms with Gasteiger partial charge < -0.3 is 1.43 Å². The molecule has 1 radical (unpaired) electrons. The van der Waals surface area contributed by atoms with Gasteiger partial charge in [0, 0.05) is 0 Å². The second-order valence-electron chi connectivity index (χ2n) is 3.96. The molecule has 95 valence electrons. The van der Waals surface area contributed by atoms with Crippen molar-refractivity contribution in [2.75, 3.05) is 0 Å². The van der Waals surface area contributed by atoms with Gasteiger partial charge in [-0.3, -0.25) is 0 Å². The largest absolute Gasteiger partial charge is 2.00 e. The molecule has 0 aromatic heterocycles. The molecule has 2 aromatic rings. The predicted molar refractivity (Wildman–Crippen MR) is 70.6 cm³/mol. The van der Waals surface area contributed by atoms with Crippen LogP contribution in [0.25, 0.3) is 0 Å². The molecule has 0 atom stereocenters. The quantitative estimate of drug-likeness (QED) is 0.505. The van der Waals surface area contributed by atoms with Gasteiger partial charge in [-0.25, -0.2) is 0 Å². The zero-order chi connectivity index (χ0) is 12.0. The molecule has 2 rings (SSSR count). The number of benzene rings is 2. The summed E-state index contributed by atoms with van der Waals surface area (Å²) in [7, 11) is 0. The third-order valence-electron chi connectivity index (χ3n) is 2.67. The smallest absolute Gasteiger partial charge is 1.00 e. The van der Waals surface area contributed by atoms with Crippen LogP contribution in [-0.4, -0.2) is 0 Å². The molecule has 0 spiro atoms. The Bertz CT molecular complexity index is 373. The topological polar surface area (TPSA) is 0 Å². The van der Waals surface area contributed by atoms with Crippen LogP contribution in [0.1, 0.15) is 23.7 Å². The van der Waals surface area contributed by atoms with Crippen molar-refractivity contribution in [1.82, 2.24) is 0 Å². The van der Waals surface area contributed by atoms with Crippen LogP contribution in [0.3, 0.4) is 0 Å². The van der Waals surface area contributed by atoms with Crippen LogP contribution in [0.15, 0.2) is 36.4 Å². The van der Waals surface area contributed by atoms with E-state index in [0.717, 1.165) is 0 Å². The van der Waals surface area contributed by atoms with Crippen LogP contribution in [0.5, 0.6) is 0 Å². The molecule has 18 heavy (non-hydrogen) atoms. The van der Waals surface area contributed by atoms with Gasteiger partial charge in [0.2, 0.25) is 0 Å². The van der Waals surface area contributed by atoms with Crippen molar-refractivity contribution < 1.29 is 37.4 Å². The summed E-state index contributed by atoms with van der Waals surface area (Å²) in [5.41, 5.74) is 5.11. The molecule has 0 saturated heterocycles. The molecule has 0 bridgehead atoms. The van der Waals surface area contributed by atoms with E-state index in [0.29, 0.717) is 0 Å². The Morgan fingerprint density at radius 1 is 0.778 bits per heavy atom. The van der Waals surface area contributed by atoms with E-state index in [1.807, 2.05) is 24.3 Å². The maximum absolute atomic E-state index is 3.10. The first kappa shape index (κ1) is 19.9. The summed E-state index contributed by atoms with van der Waals surface area (Å²) >= 11 is 0. The van der Waals surface area contributed by atoms with Gasteiger partial charge in [-0.1, -0.05) is 27.7 Å². The van der Waals surface area contributed by atoms with Gasteiger partial charge >= 0.3 is 35.9 Å². The van der Waals surface area contributed by atoms with Crippen molar-refractivity contribution in [1.29, 1.82) is 0 Å². The van der Waals surface area contributed by atoms with E-state index in [-0.39, 0.29) is 37.4 Å². The summed E-state index contributed by atoms with van der Waals surface area (Å²) in [5, 5.41) is 0. The molecule has 0 aliphatic rings. The first-order valence-electron chi connectivity index (χ1n) is 5.49. The van der Waals surface area contributed by atoms with E-state index in [9.17, 15) is 0 Å². The monoisotopic (exact) mass is 281 g/mol. The third-order valence-corrected chi connectivity index (χ3v) is 2.67. The van der Waals surface area contributed by atoms with Crippen LogP contribution < -0.4 is 18.9 Å². The van der Waals surface area contributed by atoms with Crippen LogP contribution >= 0.6 is 0 Å². The molecule has 0 unspecified atom stereocenters.